The first-order valence-electron chi connectivity index (χ1n) is 5.24. The van der Waals surface area contributed by atoms with E-state index in [9.17, 15) is 0 Å². The molecule has 0 atom stereocenters. The van der Waals surface area contributed by atoms with Crippen molar-refractivity contribution < 1.29 is 4.42 Å². The maximum Gasteiger partial charge on any atom is 0.181 e. The summed E-state index contributed by atoms with van der Waals surface area (Å²) < 4.78 is 5.22. The summed E-state index contributed by atoms with van der Waals surface area (Å²) in [5.74, 6) is 0.857. The second kappa shape index (κ2) is 3.49. The van der Waals surface area contributed by atoms with E-state index in [0.29, 0.717) is 0 Å². The first-order chi connectivity index (χ1) is 7.84. The highest BCUT2D eigenvalue weighted by Crippen LogP contribution is 2.25. The van der Waals surface area contributed by atoms with E-state index in [1.54, 1.807) is 0 Å². The van der Waals surface area contributed by atoms with Crippen molar-refractivity contribution in [3.8, 4) is 11.3 Å². The van der Waals surface area contributed by atoms with Crippen molar-refractivity contribution in [1.82, 2.24) is 4.98 Å². The number of hydrogen-bond acceptors (Lipinski definition) is 2. The molecule has 3 rings (SSSR count). The summed E-state index contributed by atoms with van der Waals surface area (Å²) in [7, 11) is 0. The molecule has 0 aliphatic carbocycles. The van der Waals surface area contributed by atoms with Gasteiger partial charge in [-0.3, -0.25) is 0 Å². The van der Waals surface area contributed by atoms with Gasteiger partial charge >= 0.3 is 0 Å². The molecule has 0 amide bonds. The Labute approximate surface area is 93.5 Å². The lowest BCUT2D eigenvalue weighted by molar-refractivity contribution is 0.527. The lowest BCUT2D eigenvalue weighted by Crippen LogP contribution is -1.81. The smallest absolute Gasteiger partial charge is 0.181 e. The fourth-order valence-corrected chi connectivity index (χ4v) is 1.92. The average Bonchev–Trinajstić information content (AvgIpc) is 2.75. The molecule has 0 fully saturated rings. The van der Waals surface area contributed by atoms with Crippen molar-refractivity contribution in [1.29, 1.82) is 0 Å². The lowest BCUT2D eigenvalue weighted by atomic mass is 10.0. The second-order valence-electron chi connectivity index (χ2n) is 3.82. The van der Waals surface area contributed by atoms with Crippen LogP contribution in [0, 0.1) is 6.92 Å². The van der Waals surface area contributed by atoms with Crippen molar-refractivity contribution in [3.63, 3.8) is 0 Å². The molecule has 1 heterocycles. The summed E-state index contributed by atoms with van der Waals surface area (Å²) in [6.45, 7) is 1.93. The minimum Gasteiger partial charge on any atom is -0.448 e. The predicted molar refractivity (Wildman–Crippen MR) is 64.2 cm³/mol. The molecule has 0 saturated heterocycles. The van der Waals surface area contributed by atoms with Gasteiger partial charge in [0.15, 0.2) is 6.39 Å². The number of nitrogens with zero attached hydrogens (tertiary/aromatic N) is 1. The molecule has 78 valence electrons. The number of fused-ring (bicyclic) bond motifs is 1. The largest absolute Gasteiger partial charge is 0.448 e. The first kappa shape index (κ1) is 9.16. The third-order valence-corrected chi connectivity index (χ3v) is 2.77. The molecule has 2 aromatic carbocycles. The Morgan fingerprint density at radius 2 is 1.81 bits per heavy atom. The molecule has 2 heteroatoms. The summed E-state index contributed by atoms with van der Waals surface area (Å²) in [6.07, 6.45) is 1.49. The number of oxazole rings is 1. The number of hydrogen-bond donors (Lipinski definition) is 0. The number of benzene rings is 2. The standard InChI is InChI=1S/C14H11NO/c1-10-14(15-9-16-10)13-7-6-11-4-2-3-5-12(11)8-13/h2-9H,1H3. The van der Waals surface area contributed by atoms with E-state index >= 15 is 0 Å². The van der Waals surface area contributed by atoms with Gasteiger partial charge in [-0.05, 0) is 23.8 Å². The van der Waals surface area contributed by atoms with Crippen LogP contribution >= 0.6 is 0 Å². The summed E-state index contributed by atoms with van der Waals surface area (Å²) >= 11 is 0. The zero-order valence-corrected chi connectivity index (χ0v) is 8.97. The van der Waals surface area contributed by atoms with E-state index in [0.717, 1.165) is 17.0 Å². The van der Waals surface area contributed by atoms with Crippen LogP contribution < -0.4 is 0 Å². The topological polar surface area (TPSA) is 26.0 Å². The van der Waals surface area contributed by atoms with Gasteiger partial charge in [0.25, 0.3) is 0 Å². The van der Waals surface area contributed by atoms with Gasteiger partial charge in [0.2, 0.25) is 0 Å². The van der Waals surface area contributed by atoms with Crippen LogP contribution in [0.2, 0.25) is 0 Å². The molecule has 1 aromatic heterocycles. The minimum absolute atomic E-state index is 0.857. The van der Waals surface area contributed by atoms with Gasteiger partial charge in [-0.25, -0.2) is 4.98 Å². The Morgan fingerprint density at radius 3 is 2.56 bits per heavy atom. The molecule has 0 radical (unpaired) electrons. The first-order valence-corrected chi connectivity index (χ1v) is 5.24. The van der Waals surface area contributed by atoms with Crippen molar-refractivity contribution in [2.75, 3.05) is 0 Å². The van der Waals surface area contributed by atoms with Crippen molar-refractivity contribution in [3.05, 3.63) is 54.6 Å². The molecule has 3 aromatic rings. The maximum absolute atomic E-state index is 5.22. The summed E-state index contributed by atoms with van der Waals surface area (Å²) in [5.41, 5.74) is 2.02. The van der Waals surface area contributed by atoms with Gasteiger partial charge in [0.05, 0.1) is 0 Å². The Balaban J connectivity index is 2.23. The van der Waals surface area contributed by atoms with E-state index in [1.165, 1.54) is 17.2 Å². The van der Waals surface area contributed by atoms with Crippen LogP contribution in [0.1, 0.15) is 5.76 Å². The molecule has 0 spiro atoms. The minimum atomic E-state index is 0.857. The van der Waals surface area contributed by atoms with E-state index in [2.05, 4.69) is 35.3 Å². The van der Waals surface area contributed by atoms with E-state index in [-0.39, 0.29) is 0 Å². The second-order valence-corrected chi connectivity index (χ2v) is 3.82. The molecule has 2 nitrogen and oxygen atoms in total. The third-order valence-electron chi connectivity index (χ3n) is 2.77. The van der Waals surface area contributed by atoms with E-state index in [1.807, 2.05) is 19.1 Å². The Morgan fingerprint density at radius 1 is 1.00 bits per heavy atom. The van der Waals surface area contributed by atoms with Gasteiger partial charge < -0.3 is 4.42 Å². The SMILES string of the molecule is Cc1ocnc1-c1ccc2ccccc2c1. The highest BCUT2D eigenvalue weighted by Gasteiger charge is 2.06. The maximum atomic E-state index is 5.22. The number of aromatic nitrogens is 1. The zero-order valence-electron chi connectivity index (χ0n) is 8.97. The van der Waals surface area contributed by atoms with Gasteiger partial charge in [0.1, 0.15) is 11.5 Å². The van der Waals surface area contributed by atoms with Crippen LogP contribution in [-0.2, 0) is 0 Å². The van der Waals surface area contributed by atoms with E-state index in [4.69, 9.17) is 4.42 Å². The van der Waals surface area contributed by atoms with Crippen molar-refractivity contribution in [2.45, 2.75) is 6.92 Å². The van der Waals surface area contributed by atoms with Gasteiger partial charge in [-0.15, -0.1) is 0 Å². The van der Waals surface area contributed by atoms with Crippen LogP contribution in [0.3, 0.4) is 0 Å². The molecule has 0 N–H and O–H groups in total. The van der Waals surface area contributed by atoms with Gasteiger partial charge in [-0.1, -0.05) is 36.4 Å². The number of rotatable bonds is 1. The zero-order chi connectivity index (χ0) is 11.0. The van der Waals surface area contributed by atoms with Crippen LogP contribution in [0.4, 0.5) is 0 Å². The predicted octanol–water partition coefficient (Wildman–Crippen LogP) is 3.80. The number of aryl methyl sites for hydroxylation is 1. The molecule has 0 bridgehead atoms. The van der Waals surface area contributed by atoms with Gasteiger partial charge in [-0.2, -0.15) is 0 Å². The lowest BCUT2D eigenvalue weighted by Gasteiger charge is -2.01. The van der Waals surface area contributed by atoms with Gasteiger partial charge in [0, 0.05) is 5.56 Å². The van der Waals surface area contributed by atoms with E-state index < -0.39 is 0 Å². The fourth-order valence-electron chi connectivity index (χ4n) is 1.92. The Hall–Kier alpha value is -2.09. The third kappa shape index (κ3) is 1.39. The fraction of sp³-hybridized carbons (Fsp3) is 0.0714. The van der Waals surface area contributed by atoms with Crippen molar-refractivity contribution >= 4 is 10.8 Å². The summed E-state index contributed by atoms with van der Waals surface area (Å²) in [4.78, 5) is 4.23. The Kier molecular flexibility index (Phi) is 2.00. The molecule has 0 unspecified atom stereocenters. The molecule has 0 saturated carbocycles. The molecule has 0 aliphatic rings. The monoisotopic (exact) mass is 209 g/mol. The molecular weight excluding hydrogens is 198 g/mol. The highest BCUT2D eigenvalue weighted by molar-refractivity contribution is 5.86. The van der Waals surface area contributed by atoms with Crippen LogP contribution in [-0.4, -0.2) is 4.98 Å². The van der Waals surface area contributed by atoms with Crippen LogP contribution in [0.25, 0.3) is 22.0 Å². The van der Waals surface area contributed by atoms with Crippen LogP contribution in [0.15, 0.2) is 53.3 Å². The van der Waals surface area contributed by atoms with Crippen LogP contribution in [0.5, 0.6) is 0 Å². The molecule has 16 heavy (non-hydrogen) atoms. The normalized spacial score (nSPS) is 10.8. The Bertz CT molecular complexity index is 640. The quantitative estimate of drug-likeness (QED) is 0.609. The highest BCUT2D eigenvalue weighted by atomic mass is 16.3. The molecule has 0 aliphatic heterocycles. The summed E-state index contributed by atoms with van der Waals surface area (Å²) in [6, 6.07) is 14.6. The van der Waals surface area contributed by atoms with Crippen molar-refractivity contribution in [2.24, 2.45) is 0 Å². The summed E-state index contributed by atoms with van der Waals surface area (Å²) in [5, 5.41) is 2.47. The average molecular weight is 209 g/mol. The molecular formula is C14H11NO.